The summed E-state index contributed by atoms with van der Waals surface area (Å²) in [7, 11) is 3.18. The zero-order chi connectivity index (χ0) is 15.2. The van der Waals surface area contributed by atoms with Gasteiger partial charge in [0.05, 0.1) is 13.2 Å². The maximum atomic E-state index is 12.0. The van der Waals surface area contributed by atoms with E-state index in [2.05, 4.69) is 5.32 Å². The Morgan fingerprint density at radius 3 is 2.67 bits per heavy atom. The fourth-order valence-corrected chi connectivity index (χ4v) is 2.21. The molecule has 0 unspecified atom stereocenters. The smallest absolute Gasteiger partial charge is 0.313 e. The fourth-order valence-electron chi connectivity index (χ4n) is 2.21. The van der Waals surface area contributed by atoms with E-state index in [9.17, 15) is 9.59 Å². The molecule has 0 radical (unpaired) electrons. The van der Waals surface area contributed by atoms with Crippen LogP contribution in [0.1, 0.15) is 12.8 Å². The minimum atomic E-state index is -0.652. The lowest BCUT2D eigenvalue weighted by Crippen LogP contribution is -2.40. The van der Waals surface area contributed by atoms with E-state index in [0.717, 1.165) is 19.4 Å². The van der Waals surface area contributed by atoms with Crippen molar-refractivity contribution in [2.24, 2.45) is 0 Å². The molecule has 1 aliphatic rings. The molecule has 1 N–H and O–H groups in total. The molecular formula is C15H20N2O4. The third kappa shape index (κ3) is 4.19. The molecule has 1 fully saturated rings. The molecule has 0 aromatic heterocycles. The summed E-state index contributed by atoms with van der Waals surface area (Å²) in [4.78, 5) is 25.3. The molecule has 1 aromatic rings. The first-order valence-corrected chi connectivity index (χ1v) is 6.92. The molecule has 21 heavy (non-hydrogen) atoms. The molecule has 6 heteroatoms. The van der Waals surface area contributed by atoms with Gasteiger partial charge in [0.15, 0.2) is 0 Å². The van der Waals surface area contributed by atoms with Crippen LogP contribution in [-0.4, -0.2) is 50.1 Å². The Morgan fingerprint density at radius 1 is 1.38 bits per heavy atom. The van der Waals surface area contributed by atoms with Gasteiger partial charge in [-0.05, 0) is 37.1 Å². The molecule has 0 bridgehead atoms. The lowest BCUT2D eigenvalue weighted by molar-refractivity contribution is -0.143. The van der Waals surface area contributed by atoms with Crippen LogP contribution >= 0.6 is 0 Å². The average molecular weight is 292 g/mol. The lowest BCUT2D eigenvalue weighted by atomic mass is 10.2. The van der Waals surface area contributed by atoms with Gasteiger partial charge in [-0.3, -0.25) is 9.59 Å². The molecule has 1 heterocycles. The van der Waals surface area contributed by atoms with Gasteiger partial charge in [0.1, 0.15) is 5.75 Å². The Hall–Kier alpha value is -2.08. The Balaban J connectivity index is 1.87. The number of ether oxygens (including phenoxy) is 2. The van der Waals surface area contributed by atoms with E-state index in [1.165, 1.54) is 4.90 Å². The summed E-state index contributed by atoms with van der Waals surface area (Å²) in [5.74, 6) is -0.531. The SMILES string of the molecule is COc1ccc(NC(=O)C(=O)N(C)C[C@@H]2CCCO2)cc1. The molecule has 0 saturated carbocycles. The van der Waals surface area contributed by atoms with E-state index in [1.54, 1.807) is 38.4 Å². The number of nitrogens with zero attached hydrogens (tertiary/aromatic N) is 1. The third-order valence-corrected chi connectivity index (χ3v) is 3.39. The van der Waals surface area contributed by atoms with Gasteiger partial charge in [0.25, 0.3) is 0 Å². The highest BCUT2D eigenvalue weighted by atomic mass is 16.5. The van der Waals surface area contributed by atoms with E-state index in [-0.39, 0.29) is 6.10 Å². The number of nitrogens with one attached hydrogen (secondary N) is 1. The van der Waals surface area contributed by atoms with Crippen LogP contribution < -0.4 is 10.1 Å². The van der Waals surface area contributed by atoms with Gasteiger partial charge in [-0.1, -0.05) is 0 Å². The zero-order valence-electron chi connectivity index (χ0n) is 12.3. The number of hydrogen-bond donors (Lipinski definition) is 1. The van der Waals surface area contributed by atoms with Gasteiger partial charge < -0.3 is 19.7 Å². The van der Waals surface area contributed by atoms with E-state index >= 15 is 0 Å². The van der Waals surface area contributed by atoms with Gasteiger partial charge in [0, 0.05) is 25.9 Å². The van der Waals surface area contributed by atoms with Crippen molar-refractivity contribution in [2.75, 3.05) is 32.6 Å². The topological polar surface area (TPSA) is 67.9 Å². The Bertz CT molecular complexity index is 495. The maximum absolute atomic E-state index is 12.0. The average Bonchev–Trinajstić information content (AvgIpc) is 3.00. The highest BCUT2D eigenvalue weighted by Gasteiger charge is 2.24. The third-order valence-electron chi connectivity index (χ3n) is 3.39. The molecule has 114 valence electrons. The van der Waals surface area contributed by atoms with Crippen LogP contribution in [0.25, 0.3) is 0 Å². The van der Waals surface area contributed by atoms with Crippen molar-refractivity contribution in [2.45, 2.75) is 18.9 Å². The summed E-state index contributed by atoms with van der Waals surface area (Å²) in [5.41, 5.74) is 0.555. The maximum Gasteiger partial charge on any atom is 0.313 e. The molecule has 1 aromatic carbocycles. The molecule has 2 rings (SSSR count). The summed E-state index contributed by atoms with van der Waals surface area (Å²) >= 11 is 0. The first-order chi connectivity index (χ1) is 10.1. The first-order valence-electron chi connectivity index (χ1n) is 6.92. The van der Waals surface area contributed by atoms with Crippen molar-refractivity contribution >= 4 is 17.5 Å². The highest BCUT2D eigenvalue weighted by molar-refractivity contribution is 6.39. The van der Waals surface area contributed by atoms with Gasteiger partial charge in [-0.25, -0.2) is 0 Å². The number of benzene rings is 1. The molecule has 0 aliphatic carbocycles. The van der Waals surface area contributed by atoms with Gasteiger partial charge in [-0.2, -0.15) is 0 Å². The highest BCUT2D eigenvalue weighted by Crippen LogP contribution is 2.15. The minimum Gasteiger partial charge on any atom is -0.497 e. The van der Waals surface area contributed by atoms with Crippen LogP contribution in [0.2, 0.25) is 0 Å². The number of carbonyl (C=O) groups is 2. The largest absolute Gasteiger partial charge is 0.497 e. The number of hydrogen-bond acceptors (Lipinski definition) is 4. The van der Waals surface area contributed by atoms with Crippen molar-refractivity contribution in [3.05, 3.63) is 24.3 Å². The van der Waals surface area contributed by atoms with Gasteiger partial charge in [0.2, 0.25) is 0 Å². The quantitative estimate of drug-likeness (QED) is 0.849. The van der Waals surface area contributed by atoms with E-state index in [4.69, 9.17) is 9.47 Å². The predicted octanol–water partition coefficient (Wildman–Crippen LogP) is 1.27. The van der Waals surface area contributed by atoms with Gasteiger partial charge >= 0.3 is 11.8 Å². The Labute approximate surface area is 124 Å². The number of methoxy groups -OCH3 is 1. The zero-order valence-corrected chi connectivity index (χ0v) is 12.3. The number of anilines is 1. The number of likely N-dealkylation sites (N-methyl/N-ethyl adjacent to an activating group) is 1. The second-order valence-corrected chi connectivity index (χ2v) is 5.00. The fraction of sp³-hybridized carbons (Fsp3) is 0.467. The van der Waals surface area contributed by atoms with Crippen molar-refractivity contribution in [3.8, 4) is 5.75 Å². The first kappa shape index (κ1) is 15.3. The molecule has 1 saturated heterocycles. The molecule has 1 atom stereocenters. The van der Waals surface area contributed by atoms with Crippen molar-refractivity contribution in [3.63, 3.8) is 0 Å². The van der Waals surface area contributed by atoms with E-state index in [0.29, 0.717) is 18.0 Å². The summed E-state index contributed by atoms with van der Waals surface area (Å²) in [6, 6.07) is 6.81. The van der Waals surface area contributed by atoms with Crippen molar-refractivity contribution in [1.29, 1.82) is 0 Å². The summed E-state index contributed by atoms with van der Waals surface area (Å²) in [5, 5.41) is 2.57. The van der Waals surface area contributed by atoms with Crippen molar-refractivity contribution < 1.29 is 19.1 Å². The molecule has 6 nitrogen and oxygen atoms in total. The lowest BCUT2D eigenvalue weighted by Gasteiger charge is -2.20. The second kappa shape index (κ2) is 7.08. The normalized spacial score (nSPS) is 17.3. The molecule has 2 amide bonds. The Kier molecular flexibility index (Phi) is 5.16. The van der Waals surface area contributed by atoms with Crippen LogP contribution in [0.15, 0.2) is 24.3 Å². The molecular weight excluding hydrogens is 272 g/mol. The number of amides is 2. The predicted molar refractivity (Wildman–Crippen MR) is 78.2 cm³/mol. The summed E-state index contributed by atoms with van der Waals surface area (Å²) in [6.45, 7) is 1.17. The molecule has 1 aliphatic heterocycles. The number of rotatable bonds is 4. The Morgan fingerprint density at radius 2 is 2.10 bits per heavy atom. The number of carbonyl (C=O) groups excluding carboxylic acids is 2. The van der Waals surface area contributed by atoms with Crippen LogP contribution in [0, 0.1) is 0 Å². The van der Waals surface area contributed by atoms with Crippen LogP contribution in [-0.2, 0) is 14.3 Å². The standard InChI is InChI=1S/C15H20N2O4/c1-17(10-13-4-3-9-21-13)15(19)14(18)16-11-5-7-12(20-2)8-6-11/h5-8,13H,3-4,9-10H2,1-2H3,(H,16,18)/t13-/m0/s1. The summed E-state index contributed by atoms with van der Waals surface area (Å²) < 4.78 is 10.5. The summed E-state index contributed by atoms with van der Waals surface area (Å²) in [6.07, 6.45) is 1.97. The van der Waals surface area contributed by atoms with Crippen molar-refractivity contribution in [1.82, 2.24) is 4.90 Å². The molecule has 0 spiro atoms. The monoisotopic (exact) mass is 292 g/mol. The van der Waals surface area contributed by atoms with E-state index in [1.807, 2.05) is 0 Å². The van der Waals surface area contributed by atoms with E-state index < -0.39 is 11.8 Å². The van der Waals surface area contributed by atoms with Crippen LogP contribution in [0.5, 0.6) is 5.75 Å². The van der Waals surface area contributed by atoms with Crippen LogP contribution in [0.4, 0.5) is 5.69 Å². The second-order valence-electron chi connectivity index (χ2n) is 5.00. The minimum absolute atomic E-state index is 0.0349. The van der Waals surface area contributed by atoms with Crippen LogP contribution in [0.3, 0.4) is 0 Å². The van der Waals surface area contributed by atoms with Gasteiger partial charge in [-0.15, -0.1) is 0 Å².